The van der Waals surface area contributed by atoms with Crippen molar-refractivity contribution >= 4 is 17.4 Å². The Hall–Kier alpha value is -1.62. The molecule has 0 saturated heterocycles. The average molecular weight is 244 g/mol. The number of rotatable bonds is 1. The van der Waals surface area contributed by atoms with Crippen LogP contribution in [0.15, 0.2) is 18.2 Å². The third-order valence-corrected chi connectivity index (χ3v) is 2.56. The smallest absolute Gasteiger partial charge is 0.145 e. The molecule has 0 radical (unpaired) electrons. The van der Waals surface area contributed by atoms with E-state index in [4.69, 9.17) is 17.3 Å². The van der Waals surface area contributed by atoms with Gasteiger partial charge in [0.2, 0.25) is 0 Å². The summed E-state index contributed by atoms with van der Waals surface area (Å²) in [5.41, 5.74) is 6.27. The predicted octanol–water partition coefficient (Wildman–Crippen LogP) is 2.60. The molecular formula is C10H8ClF2N3. The molecule has 2 N–H and O–H groups in total. The van der Waals surface area contributed by atoms with Crippen molar-refractivity contribution in [3.8, 4) is 11.3 Å². The van der Waals surface area contributed by atoms with Gasteiger partial charge < -0.3 is 5.73 Å². The van der Waals surface area contributed by atoms with E-state index in [1.165, 1.54) is 10.7 Å². The summed E-state index contributed by atoms with van der Waals surface area (Å²) in [6.07, 6.45) is 0. The van der Waals surface area contributed by atoms with Crippen LogP contribution < -0.4 is 5.73 Å². The van der Waals surface area contributed by atoms with E-state index in [0.717, 1.165) is 12.1 Å². The Morgan fingerprint density at radius 2 is 1.81 bits per heavy atom. The van der Waals surface area contributed by atoms with E-state index in [0.29, 0.717) is 17.1 Å². The summed E-state index contributed by atoms with van der Waals surface area (Å²) >= 11 is 5.37. The van der Waals surface area contributed by atoms with Gasteiger partial charge in [-0.3, -0.25) is 4.68 Å². The lowest BCUT2D eigenvalue weighted by Crippen LogP contribution is -1.96. The van der Waals surface area contributed by atoms with Gasteiger partial charge in [0.05, 0.1) is 5.69 Å². The molecule has 84 valence electrons. The van der Waals surface area contributed by atoms with E-state index in [1.807, 2.05) is 0 Å². The number of benzene rings is 1. The molecule has 1 aromatic carbocycles. The molecule has 0 aliphatic carbocycles. The molecule has 16 heavy (non-hydrogen) atoms. The lowest BCUT2D eigenvalue weighted by atomic mass is 10.1. The second kappa shape index (κ2) is 3.75. The standard InChI is InChI=1S/C10H8ClF2N3/c1-16-9(14)4-8(15-16)5-2-6(12)10(11)7(13)3-5/h2-4H,14H2,1H3. The third kappa shape index (κ3) is 1.74. The Balaban J connectivity index is 2.56. The first kappa shape index (κ1) is 10.9. The highest BCUT2D eigenvalue weighted by atomic mass is 35.5. The Bertz CT molecular complexity index is 508. The fourth-order valence-electron chi connectivity index (χ4n) is 1.33. The van der Waals surface area contributed by atoms with Gasteiger partial charge >= 0.3 is 0 Å². The Morgan fingerprint density at radius 1 is 1.25 bits per heavy atom. The normalized spacial score (nSPS) is 10.8. The van der Waals surface area contributed by atoms with E-state index in [-0.39, 0.29) is 0 Å². The first-order valence-corrected chi connectivity index (χ1v) is 4.81. The highest BCUT2D eigenvalue weighted by molar-refractivity contribution is 6.30. The zero-order valence-corrected chi connectivity index (χ0v) is 9.09. The van der Waals surface area contributed by atoms with Crippen molar-refractivity contribution in [2.24, 2.45) is 7.05 Å². The van der Waals surface area contributed by atoms with Crippen LogP contribution in [0.25, 0.3) is 11.3 Å². The Kier molecular flexibility index (Phi) is 2.55. The second-order valence-electron chi connectivity index (χ2n) is 3.33. The minimum Gasteiger partial charge on any atom is -0.384 e. The van der Waals surface area contributed by atoms with Gasteiger partial charge in [0.25, 0.3) is 0 Å². The SMILES string of the molecule is Cn1nc(-c2cc(F)c(Cl)c(F)c2)cc1N. The highest BCUT2D eigenvalue weighted by Crippen LogP contribution is 2.27. The Morgan fingerprint density at radius 3 is 2.25 bits per heavy atom. The molecule has 1 heterocycles. The summed E-state index contributed by atoms with van der Waals surface area (Å²) in [5.74, 6) is -1.23. The summed E-state index contributed by atoms with van der Waals surface area (Å²) < 4.78 is 27.8. The summed E-state index contributed by atoms with van der Waals surface area (Å²) in [7, 11) is 1.64. The molecule has 0 unspecified atom stereocenters. The number of nitrogens with two attached hydrogens (primary N) is 1. The van der Waals surface area contributed by atoms with Gasteiger partial charge in [-0.15, -0.1) is 0 Å². The Labute approximate surface area is 95.4 Å². The first-order chi connectivity index (χ1) is 7.49. The van der Waals surface area contributed by atoms with Gasteiger partial charge in [-0.05, 0) is 12.1 Å². The summed E-state index contributed by atoms with van der Waals surface area (Å²) in [6.45, 7) is 0. The van der Waals surface area contributed by atoms with Crippen LogP contribution >= 0.6 is 11.6 Å². The van der Waals surface area contributed by atoms with Crippen LogP contribution in [0.2, 0.25) is 5.02 Å². The van der Waals surface area contributed by atoms with Gasteiger partial charge in [-0.25, -0.2) is 8.78 Å². The number of aryl methyl sites for hydroxylation is 1. The molecule has 0 aliphatic rings. The van der Waals surface area contributed by atoms with E-state index < -0.39 is 16.7 Å². The van der Waals surface area contributed by atoms with Crippen LogP contribution in [-0.2, 0) is 7.05 Å². The zero-order chi connectivity index (χ0) is 11.9. The van der Waals surface area contributed by atoms with E-state index >= 15 is 0 Å². The highest BCUT2D eigenvalue weighted by Gasteiger charge is 2.12. The summed E-state index contributed by atoms with van der Waals surface area (Å²) in [4.78, 5) is 0. The van der Waals surface area contributed by atoms with E-state index in [1.54, 1.807) is 7.05 Å². The average Bonchev–Trinajstić information content (AvgIpc) is 2.55. The number of nitrogen functional groups attached to an aromatic ring is 1. The van der Waals surface area contributed by atoms with Crippen molar-refractivity contribution < 1.29 is 8.78 Å². The van der Waals surface area contributed by atoms with E-state index in [9.17, 15) is 8.78 Å². The van der Waals surface area contributed by atoms with Gasteiger partial charge in [0, 0.05) is 18.7 Å². The van der Waals surface area contributed by atoms with Crippen molar-refractivity contribution in [3.05, 3.63) is 34.9 Å². The minimum atomic E-state index is -0.819. The van der Waals surface area contributed by atoms with Crippen molar-refractivity contribution in [2.75, 3.05) is 5.73 Å². The van der Waals surface area contributed by atoms with Crippen molar-refractivity contribution in [3.63, 3.8) is 0 Å². The number of nitrogens with zero attached hydrogens (tertiary/aromatic N) is 2. The summed E-state index contributed by atoms with van der Waals surface area (Å²) in [5, 5.41) is 3.49. The molecule has 0 atom stereocenters. The van der Waals surface area contributed by atoms with Crippen molar-refractivity contribution in [2.45, 2.75) is 0 Å². The number of hydrogen-bond acceptors (Lipinski definition) is 2. The number of anilines is 1. The fraction of sp³-hybridized carbons (Fsp3) is 0.100. The maximum Gasteiger partial charge on any atom is 0.145 e. The second-order valence-corrected chi connectivity index (χ2v) is 3.71. The number of hydrogen-bond donors (Lipinski definition) is 1. The van der Waals surface area contributed by atoms with Gasteiger partial charge in [0.15, 0.2) is 0 Å². The van der Waals surface area contributed by atoms with Crippen molar-refractivity contribution in [1.29, 1.82) is 0 Å². The zero-order valence-electron chi connectivity index (χ0n) is 8.34. The largest absolute Gasteiger partial charge is 0.384 e. The fourth-order valence-corrected chi connectivity index (χ4v) is 1.44. The molecule has 0 bridgehead atoms. The quantitative estimate of drug-likeness (QED) is 0.783. The topological polar surface area (TPSA) is 43.8 Å². The monoisotopic (exact) mass is 243 g/mol. The van der Waals surface area contributed by atoms with E-state index in [2.05, 4.69) is 5.10 Å². The molecule has 6 heteroatoms. The maximum atomic E-state index is 13.2. The number of aromatic nitrogens is 2. The van der Waals surface area contributed by atoms with Crippen LogP contribution in [0.4, 0.5) is 14.6 Å². The third-order valence-electron chi connectivity index (χ3n) is 2.20. The number of halogens is 3. The molecule has 0 fully saturated rings. The molecule has 2 aromatic rings. The van der Waals surface area contributed by atoms with Gasteiger partial charge in [0.1, 0.15) is 22.5 Å². The van der Waals surface area contributed by atoms with Crippen LogP contribution in [0.3, 0.4) is 0 Å². The lowest BCUT2D eigenvalue weighted by molar-refractivity contribution is 0.585. The van der Waals surface area contributed by atoms with Gasteiger partial charge in [-0.1, -0.05) is 11.6 Å². The maximum absolute atomic E-state index is 13.2. The summed E-state index contributed by atoms with van der Waals surface area (Å²) in [6, 6.07) is 3.77. The molecule has 0 spiro atoms. The first-order valence-electron chi connectivity index (χ1n) is 4.43. The predicted molar refractivity (Wildman–Crippen MR) is 58.0 cm³/mol. The molecule has 0 amide bonds. The van der Waals surface area contributed by atoms with Crippen LogP contribution in [0.5, 0.6) is 0 Å². The molecule has 0 aliphatic heterocycles. The molecule has 1 aromatic heterocycles. The molecular weight excluding hydrogens is 236 g/mol. The lowest BCUT2D eigenvalue weighted by Gasteiger charge is -2.00. The van der Waals surface area contributed by atoms with Gasteiger partial charge in [-0.2, -0.15) is 5.10 Å². The van der Waals surface area contributed by atoms with Crippen LogP contribution in [0.1, 0.15) is 0 Å². The van der Waals surface area contributed by atoms with Crippen LogP contribution in [-0.4, -0.2) is 9.78 Å². The molecule has 0 saturated carbocycles. The van der Waals surface area contributed by atoms with Crippen LogP contribution in [0, 0.1) is 11.6 Å². The molecule has 3 nitrogen and oxygen atoms in total. The molecule has 2 rings (SSSR count). The minimum absolute atomic E-state index is 0.298. The van der Waals surface area contributed by atoms with Crippen molar-refractivity contribution in [1.82, 2.24) is 9.78 Å².